The molecule has 0 aliphatic heterocycles. The van der Waals surface area contributed by atoms with Crippen LogP contribution in [0, 0.1) is 17.3 Å². The molecule has 2 atom stereocenters. The maximum atomic E-state index is 11.7. The van der Waals surface area contributed by atoms with Crippen molar-refractivity contribution in [3.63, 3.8) is 0 Å². The van der Waals surface area contributed by atoms with Crippen LogP contribution >= 0.6 is 0 Å². The zero-order chi connectivity index (χ0) is 10.9. The van der Waals surface area contributed by atoms with E-state index in [1.807, 2.05) is 20.8 Å². The van der Waals surface area contributed by atoms with Crippen LogP contribution in [0.25, 0.3) is 0 Å². The van der Waals surface area contributed by atoms with Crippen LogP contribution < -0.4 is 0 Å². The van der Waals surface area contributed by atoms with E-state index in [2.05, 4.69) is 0 Å². The van der Waals surface area contributed by atoms with Crippen LogP contribution in [0.5, 0.6) is 0 Å². The van der Waals surface area contributed by atoms with Crippen LogP contribution in [-0.4, -0.2) is 18.4 Å². The minimum Gasteiger partial charge on any atom is -0.466 e. The van der Waals surface area contributed by atoms with Crippen molar-refractivity contribution in [3.8, 4) is 0 Å². The van der Waals surface area contributed by atoms with E-state index in [1.165, 1.54) is 0 Å². The molecule has 1 rings (SSSR count). The molecule has 80 valence electrons. The number of carbonyl (C=O) groups excluding carboxylic acids is 2. The average Bonchev–Trinajstić information content (AvgIpc) is 2.80. The van der Waals surface area contributed by atoms with Crippen molar-refractivity contribution in [3.05, 3.63) is 0 Å². The van der Waals surface area contributed by atoms with Gasteiger partial charge in [-0.15, -0.1) is 0 Å². The molecular weight excluding hydrogens is 180 g/mol. The van der Waals surface area contributed by atoms with E-state index in [9.17, 15) is 9.59 Å². The standard InChI is InChI=1S/C11H18O3/c1-5-14-10(13)8-6-7(8)9(12)11(2,3)4/h7-8H,5-6H2,1-4H3. The molecule has 1 aliphatic rings. The molecule has 0 aromatic rings. The molecule has 0 spiro atoms. The maximum Gasteiger partial charge on any atom is 0.309 e. The third kappa shape index (κ3) is 2.34. The fourth-order valence-electron chi connectivity index (χ4n) is 1.55. The maximum absolute atomic E-state index is 11.7. The summed E-state index contributed by atoms with van der Waals surface area (Å²) in [7, 11) is 0. The van der Waals surface area contributed by atoms with Gasteiger partial charge in [0.1, 0.15) is 5.78 Å². The van der Waals surface area contributed by atoms with Crippen molar-refractivity contribution in [1.29, 1.82) is 0 Å². The number of esters is 1. The van der Waals surface area contributed by atoms with Gasteiger partial charge < -0.3 is 4.74 Å². The van der Waals surface area contributed by atoms with Gasteiger partial charge in [-0.3, -0.25) is 9.59 Å². The van der Waals surface area contributed by atoms with Gasteiger partial charge in [-0.2, -0.15) is 0 Å². The minimum absolute atomic E-state index is 0.0888. The van der Waals surface area contributed by atoms with Crippen LogP contribution in [0.2, 0.25) is 0 Å². The lowest BCUT2D eigenvalue weighted by Crippen LogP contribution is -2.24. The molecule has 1 saturated carbocycles. The van der Waals surface area contributed by atoms with E-state index in [-0.39, 0.29) is 29.0 Å². The quantitative estimate of drug-likeness (QED) is 0.649. The molecule has 0 amide bonds. The Morgan fingerprint density at radius 3 is 2.29 bits per heavy atom. The normalized spacial score (nSPS) is 25.7. The summed E-state index contributed by atoms with van der Waals surface area (Å²) in [5.41, 5.74) is -0.341. The molecule has 0 radical (unpaired) electrons. The lowest BCUT2D eigenvalue weighted by atomic mass is 9.87. The number of ether oxygens (including phenoxy) is 1. The molecule has 0 aromatic carbocycles. The molecule has 1 aliphatic carbocycles. The second-order valence-corrected chi connectivity index (χ2v) is 4.81. The molecule has 0 heterocycles. The molecular formula is C11H18O3. The molecule has 14 heavy (non-hydrogen) atoms. The zero-order valence-electron chi connectivity index (χ0n) is 9.29. The number of hydrogen-bond donors (Lipinski definition) is 0. The van der Waals surface area contributed by atoms with E-state index in [1.54, 1.807) is 6.92 Å². The predicted octanol–water partition coefficient (Wildman–Crippen LogP) is 1.80. The zero-order valence-corrected chi connectivity index (χ0v) is 9.29. The van der Waals surface area contributed by atoms with E-state index in [4.69, 9.17) is 4.74 Å². The topological polar surface area (TPSA) is 43.4 Å². The van der Waals surface area contributed by atoms with Crippen molar-refractivity contribution >= 4 is 11.8 Å². The van der Waals surface area contributed by atoms with E-state index in [0.717, 1.165) is 0 Å². The highest BCUT2D eigenvalue weighted by Crippen LogP contribution is 2.44. The summed E-state index contributed by atoms with van der Waals surface area (Å²) in [5, 5.41) is 0. The second kappa shape index (κ2) is 3.71. The monoisotopic (exact) mass is 198 g/mol. The first-order valence-electron chi connectivity index (χ1n) is 5.09. The van der Waals surface area contributed by atoms with Gasteiger partial charge in [0.25, 0.3) is 0 Å². The molecule has 0 saturated heterocycles. The highest BCUT2D eigenvalue weighted by atomic mass is 16.5. The van der Waals surface area contributed by atoms with Crippen molar-refractivity contribution in [2.75, 3.05) is 6.61 Å². The highest BCUT2D eigenvalue weighted by molar-refractivity contribution is 5.94. The third-order valence-electron chi connectivity index (χ3n) is 2.46. The third-order valence-corrected chi connectivity index (χ3v) is 2.46. The smallest absolute Gasteiger partial charge is 0.309 e. The molecule has 3 heteroatoms. The fraction of sp³-hybridized carbons (Fsp3) is 0.818. The number of Topliss-reactive ketones (excluding diaryl/α,β-unsaturated/α-hetero) is 1. The Labute approximate surface area is 84.8 Å². The Kier molecular flexibility index (Phi) is 2.98. The van der Waals surface area contributed by atoms with Gasteiger partial charge in [0.05, 0.1) is 12.5 Å². The Balaban J connectivity index is 2.47. The van der Waals surface area contributed by atoms with Gasteiger partial charge in [-0.25, -0.2) is 0 Å². The van der Waals surface area contributed by atoms with E-state index < -0.39 is 0 Å². The Bertz CT molecular complexity index is 250. The highest BCUT2D eigenvalue weighted by Gasteiger charge is 2.51. The molecule has 3 nitrogen and oxygen atoms in total. The van der Waals surface area contributed by atoms with Crippen LogP contribution in [0.1, 0.15) is 34.1 Å². The van der Waals surface area contributed by atoms with E-state index >= 15 is 0 Å². The average molecular weight is 198 g/mol. The number of rotatable bonds is 3. The second-order valence-electron chi connectivity index (χ2n) is 4.81. The Morgan fingerprint density at radius 1 is 1.29 bits per heavy atom. The Hall–Kier alpha value is -0.860. The van der Waals surface area contributed by atoms with Gasteiger partial charge in [-0.05, 0) is 13.3 Å². The number of ketones is 1. The Morgan fingerprint density at radius 2 is 1.86 bits per heavy atom. The summed E-state index contributed by atoms with van der Waals surface area (Å²) in [5.74, 6) is -0.290. The van der Waals surface area contributed by atoms with Gasteiger partial charge in [-0.1, -0.05) is 20.8 Å². The summed E-state index contributed by atoms with van der Waals surface area (Å²) >= 11 is 0. The van der Waals surface area contributed by atoms with Crippen LogP contribution in [0.4, 0.5) is 0 Å². The first kappa shape index (κ1) is 11.2. The summed E-state index contributed by atoms with van der Waals surface area (Å²) < 4.78 is 4.87. The van der Waals surface area contributed by atoms with Crippen molar-refractivity contribution in [2.45, 2.75) is 34.1 Å². The number of carbonyl (C=O) groups is 2. The lowest BCUT2D eigenvalue weighted by molar-refractivity contribution is -0.146. The van der Waals surface area contributed by atoms with Crippen molar-refractivity contribution in [2.24, 2.45) is 17.3 Å². The molecule has 0 bridgehead atoms. The van der Waals surface area contributed by atoms with Gasteiger partial charge >= 0.3 is 5.97 Å². The minimum atomic E-state index is -0.341. The fourth-order valence-corrected chi connectivity index (χ4v) is 1.55. The summed E-state index contributed by atoms with van der Waals surface area (Å²) in [6, 6.07) is 0. The van der Waals surface area contributed by atoms with Gasteiger partial charge in [0, 0.05) is 11.3 Å². The molecule has 0 aromatic heterocycles. The van der Waals surface area contributed by atoms with Crippen LogP contribution in [0.15, 0.2) is 0 Å². The first-order valence-corrected chi connectivity index (χ1v) is 5.09. The van der Waals surface area contributed by atoms with Gasteiger partial charge in [0.15, 0.2) is 0 Å². The lowest BCUT2D eigenvalue weighted by Gasteiger charge is -2.15. The molecule has 2 unspecified atom stereocenters. The molecule has 1 fully saturated rings. The largest absolute Gasteiger partial charge is 0.466 e. The summed E-state index contributed by atoms with van der Waals surface area (Å²) in [4.78, 5) is 23.0. The summed E-state index contributed by atoms with van der Waals surface area (Å²) in [6.45, 7) is 7.83. The summed E-state index contributed by atoms with van der Waals surface area (Å²) in [6.07, 6.45) is 0.676. The predicted molar refractivity (Wildman–Crippen MR) is 52.7 cm³/mol. The van der Waals surface area contributed by atoms with Crippen LogP contribution in [0.3, 0.4) is 0 Å². The first-order chi connectivity index (χ1) is 6.38. The van der Waals surface area contributed by atoms with Gasteiger partial charge in [0.2, 0.25) is 0 Å². The van der Waals surface area contributed by atoms with Crippen molar-refractivity contribution < 1.29 is 14.3 Å². The van der Waals surface area contributed by atoms with E-state index in [0.29, 0.717) is 13.0 Å². The SMILES string of the molecule is CCOC(=O)C1CC1C(=O)C(C)(C)C. The molecule has 0 N–H and O–H groups in total. The van der Waals surface area contributed by atoms with Crippen LogP contribution in [-0.2, 0) is 14.3 Å². The number of hydrogen-bond acceptors (Lipinski definition) is 3. The van der Waals surface area contributed by atoms with Crippen molar-refractivity contribution in [1.82, 2.24) is 0 Å².